The second kappa shape index (κ2) is 8.63. The molecule has 0 heterocycles. The minimum absolute atomic E-state index is 0.301. The second-order valence-corrected chi connectivity index (χ2v) is 3.20. The zero-order valence-corrected chi connectivity index (χ0v) is 9.55. The van der Waals surface area contributed by atoms with E-state index in [9.17, 15) is 4.79 Å². The standard InChI is InChI=1S/C9H12.C2H5NOS/c1-2-6-9-7-4-3-5-8-9;1-3-2(4)5/h3-5,7-8H,2,6H2,1H3;1H3,(H2,3,4,5). The van der Waals surface area contributed by atoms with Crippen LogP contribution in [0.4, 0.5) is 4.79 Å². The fraction of sp³-hybridized carbons (Fsp3) is 0.364. The summed E-state index contributed by atoms with van der Waals surface area (Å²) in [5.41, 5.74) is 1.44. The Labute approximate surface area is 91.1 Å². The highest BCUT2D eigenvalue weighted by Crippen LogP contribution is 2.00. The summed E-state index contributed by atoms with van der Waals surface area (Å²) in [5.74, 6) is 0. The molecule has 1 amide bonds. The van der Waals surface area contributed by atoms with Crippen LogP contribution in [0, 0.1) is 0 Å². The molecule has 0 saturated carbocycles. The van der Waals surface area contributed by atoms with E-state index in [-0.39, 0.29) is 5.24 Å². The highest BCUT2D eigenvalue weighted by Gasteiger charge is 1.84. The van der Waals surface area contributed by atoms with Crippen molar-refractivity contribution in [2.24, 2.45) is 0 Å². The third-order valence-corrected chi connectivity index (χ3v) is 1.82. The lowest BCUT2D eigenvalue weighted by molar-refractivity contribution is 0.262. The summed E-state index contributed by atoms with van der Waals surface area (Å²) in [6, 6.07) is 10.6. The van der Waals surface area contributed by atoms with Crippen LogP contribution < -0.4 is 5.32 Å². The van der Waals surface area contributed by atoms with Crippen molar-refractivity contribution in [2.75, 3.05) is 7.05 Å². The van der Waals surface area contributed by atoms with Gasteiger partial charge in [0.1, 0.15) is 0 Å². The van der Waals surface area contributed by atoms with Gasteiger partial charge in [-0.15, -0.1) is 0 Å². The smallest absolute Gasteiger partial charge is 0.275 e. The SMILES string of the molecule is CCCc1ccccc1.CNC(=O)S. The van der Waals surface area contributed by atoms with Crippen LogP contribution in [0.15, 0.2) is 30.3 Å². The average Bonchev–Trinajstić information content (AvgIpc) is 2.21. The molecule has 0 saturated heterocycles. The molecule has 0 spiro atoms. The van der Waals surface area contributed by atoms with Crippen LogP contribution in [0.2, 0.25) is 0 Å². The molecule has 0 radical (unpaired) electrons. The van der Waals surface area contributed by atoms with Crippen molar-refractivity contribution in [3.05, 3.63) is 35.9 Å². The van der Waals surface area contributed by atoms with Gasteiger partial charge in [0.15, 0.2) is 0 Å². The third kappa shape index (κ3) is 7.68. The molecule has 0 atom stereocenters. The molecule has 2 nitrogen and oxygen atoms in total. The minimum atomic E-state index is -0.301. The van der Waals surface area contributed by atoms with Crippen molar-refractivity contribution in [1.29, 1.82) is 0 Å². The molecule has 78 valence electrons. The molecule has 0 aliphatic heterocycles. The molecule has 0 aliphatic carbocycles. The summed E-state index contributed by atoms with van der Waals surface area (Å²) >= 11 is 3.35. The van der Waals surface area contributed by atoms with E-state index in [0.717, 1.165) is 0 Å². The number of carbonyl (C=O) groups is 1. The fourth-order valence-electron chi connectivity index (χ4n) is 0.933. The van der Waals surface area contributed by atoms with Gasteiger partial charge < -0.3 is 5.32 Å². The fourth-order valence-corrected chi connectivity index (χ4v) is 0.933. The topological polar surface area (TPSA) is 29.1 Å². The van der Waals surface area contributed by atoms with Crippen molar-refractivity contribution in [2.45, 2.75) is 19.8 Å². The highest BCUT2D eigenvalue weighted by molar-refractivity contribution is 7.96. The quantitative estimate of drug-likeness (QED) is 0.724. The largest absolute Gasteiger partial charge is 0.350 e. The van der Waals surface area contributed by atoms with Crippen LogP contribution in [0.3, 0.4) is 0 Å². The Kier molecular flexibility index (Phi) is 8.04. The number of amides is 1. The van der Waals surface area contributed by atoms with Gasteiger partial charge in [-0.05, 0) is 12.0 Å². The van der Waals surface area contributed by atoms with Gasteiger partial charge in [-0.3, -0.25) is 4.79 Å². The van der Waals surface area contributed by atoms with E-state index in [1.807, 2.05) is 0 Å². The Bertz CT molecular complexity index is 249. The van der Waals surface area contributed by atoms with Crippen molar-refractivity contribution < 1.29 is 4.79 Å². The van der Waals surface area contributed by atoms with Crippen LogP contribution >= 0.6 is 12.6 Å². The summed E-state index contributed by atoms with van der Waals surface area (Å²) in [5, 5.41) is 1.95. The number of aryl methyl sites for hydroxylation is 1. The summed E-state index contributed by atoms with van der Waals surface area (Å²) < 4.78 is 0. The van der Waals surface area contributed by atoms with Crippen LogP contribution in [0.5, 0.6) is 0 Å². The second-order valence-electron chi connectivity index (χ2n) is 2.79. The Morgan fingerprint density at radius 2 is 1.86 bits per heavy atom. The lowest BCUT2D eigenvalue weighted by Gasteiger charge is -1.93. The Morgan fingerprint density at radius 3 is 2.21 bits per heavy atom. The van der Waals surface area contributed by atoms with Gasteiger partial charge in [0.25, 0.3) is 5.24 Å². The normalized spacial score (nSPS) is 8.50. The minimum Gasteiger partial charge on any atom is -0.350 e. The number of benzene rings is 1. The number of rotatable bonds is 2. The first-order valence-corrected chi connectivity index (χ1v) is 5.10. The number of hydrogen-bond donors (Lipinski definition) is 2. The van der Waals surface area contributed by atoms with E-state index < -0.39 is 0 Å². The predicted molar refractivity (Wildman–Crippen MR) is 63.9 cm³/mol. The molecular formula is C11H17NOS. The summed E-state index contributed by atoms with van der Waals surface area (Å²) in [6.07, 6.45) is 2.45. The maximum atomic E-state index is 9.57. The maximum Gasteiger partial charge on any atom is 0.275 e. The van der Waals surface area contributed by atoms with Gasteiger partial charge in [-0.25, -0.2) is 0 Å². The van der Waals surface area contributed by atoms with Crippen LogP contribution in [-0.4, -0.2) is 12.3 Å². The van der Waals surface area contributed by atoms with Gasteiger partial charge >= 0.3 is 0 Å². The van der Waals surface area contributed by atoms with Crippen LogP contribution in [-0.2, 0) is 6.42 Å². The van der Waals surface area contributed by atoms with Crippen molar-refractivity contribution in [3.63, 3.8) is 0 Å². The molecule has 14 heavy (non-hydrogen) atoms. The highest BCUT2D eigenvalue weighted by atomic mass is 32.1. The first-order valence-electron chi connectivity index (χ1n) is 4.65. The van der Waals surface area contributed by atoms with E-state index in [0.29, 0.717) is 0 Å². The van der Waals surface area contributed by atoms with E-state index in [1.165, 1.54) is 25.5 Å². The Hall–Kier alpha value is -0.960. The first kappa shape index (κ1) is 13.0. The molecule has 0 aromatic heterocycles. The van der Waals surface area contributed by atoms with E-state index >= 15 is 0 Å². The average molecular weight is 211 g/mol. The van der Waals surface area contributed by atoms with Crippen molar-refractivity contribution >= 4 is 17.9 Å². The molecule has 3 heteroatoms. The molecular weight excluding hydrogens is 194 g/mol. The molecule has 0 unspecified atom stereocenters. The lowest BCUT2D eigenvalue weighted by atomic mass is 10.1. The van der Waals surface area contributed by atoms with Gasteiger partial charge in [-0.2, -0.15) is 0 Å². The van der Waals surface area contributed by atoms with E-state index in [2.05, 4.69) is 55.2 Å². The predicted octanol–water partition coefficient (Wildman–Crippen LogP) is 2.89. The zero-order valence-electron chi connectivity index (χ0n) is 8.66. The molecule has 1 N–H and O–H groups in total. The number of carbonyl (C=O) groups excluding carboxylic acids is 1. The van der Waals surface area contributed by atoms with Gasteiger partial charge in [-0.1, -0.05) is 56.3 Å². The Morgan fingerprint density at radius 1 is 1.36 bits per heavy atom. The van der Waals surface area contributed by atoms with E-state index in [4.69, 9.17) is 0 Å². The lowest BCUT2D eigenvalue weighted by Crippen LogP contribution is -2.06. The van der Waals surface area contributed by atoms with Crippen LogP contribution in [0.1, 0.15) is 18.9 Å². The molecule has 0 aliphatic rings. The molecule has 0 bridgehead atoms. The van der Waals surface area contributed by atoms with Crippen molar-refractivity contribution in [1.82, 2.24) is 5.32 Å². The summed E-state index contributed by atoms with van der Waals surface area (Å²) in [7, 11) is 1.52. The van der Waals surface area contributed by atoms with Crippen LogP contribution in [0.25, 0.3) is 0 Å². The number of nitrogens with one attached hydrogen (secondary N) is 1. The molecule has 0 fully saturated rings. The van der Waals surface area contributed by atoms with Gasteiger partial charge in [0.05, 0.1) is 0 Å². The van der Waals surface area contributed by atoms with Crippen molar-refractivity contribution in [3.8, 4) is 0 Å². The number of hydrogen-bond acceptors (Lipinski definition) is 1. The Balaban J connectivity index is 0.000000292. The number of thiol groups is 1. The first-order chi connectivity index (χ1) is 6.70. The molecule has 1 rings (SSSR count). The summed E-state index contributed by atoms with van der Waals surface area (Å²) in [4.78, 5) is 9.57. The van der Waals surface area contributed by atoms with Gasteiger partial charge in [0, 0.05) is 7.05 Å². The monoisotopic (exact) mass is 211 g/mol. The third-order valence-electron chi connectivity index (χ3n) is 1.60. The molecule has 1 aromatic carbocycles. The zero-order chi connectivity index (χ0) is 10.8. The van der Waals surface area contributed by atoms with Gasteiger partial charge in [0.2, 0.25) is 0 Å². The van der Waals surface area contributed by atoms with E-state index in [1.54, 1.807) is 0 Å². The maximum absolute atomic E-state index is 9.57. The molecule has 1 aromatic rings. The summed E-state index contributed by atoms with van der Waals surface area (Å²) in [6.45, 7) is 2.20.